The maximum atomic E-state index is 12.7. The number of pyridine rings is 1. The Hall–Kier alpha value is -3.74. The molecule has 3 aromatic rings. The van der Waals surface area contributed by atoms with E-state index in [0.29, 0.717) is 11.1 Å². The minimum atomic E-state index is -0.485. The highest BCUT2D eigenvalue weighted by Crippen LogP contribution is 2.16. The van der Waals surface area contributed by atoms with Crippen molar-refractivity contribution in [1.82, 2.24) is 4.57 Å². The molecule has 7 heteroatoms. The summed E-state index contributed by atoms with van der Waals surface area (Å²) < 4.78 is 1.37. The van der Waals surface area contributed by atoms with Crippen molar-refractivity contribution >= 4 is 17.3 Å². The molecule has 0 N–H and O–H groups in total. The predicted octanol–water partition coefficient (Wildman–Crippen LogP) is 3.08. The van der Waals surface area contributed by atoms with Crippen LogP contribution in [0.15, 0.2) is 77.7 Å². The minimum absolute atomic E-state index is 0.0448. The van der Waals surface area contributed by atoms with Crippen LogP contribution in [-0.2, 0) is 6.54 Å². The molecule has 7 nitrogen and oxygen atoms in total. The molecule has 1 amide bonds. The summed E-state index contributed by atoms with van der Waals surface area (Å²) in [6, 6.07) is 18.0. The summed E-state index contributed by atoms with van der Waals surface area (Å²) in [5.41, 5.74) is 1.36. The number of hydrogen-bond acceptors (Lipinski definition) is 4. The minimum Gasteiger partial charge on any atom is -0.311 e. The Kier molecular flexibility index (Phi) is 5.12. The Morgan fingerprint density at radius 2 is 1.81 bits per heavy atom. The maximum absolute atomic E-state index is 12.7. The van der Waals surface area contributed by atoms with Gasteiger partial charge >= 0.3 is 0 Å². The van der Waals surface area contributed by atoms with Crippen molar-refractivity contribution in [2.24, 2.45) is 0 Å². The zero-order chi connectivity index (χ0) is 19.4. The molecule has 0 aliphatic rings. The summed E-state index contributed by atoms with van der Waals surface area (Å²) in [5.74, 6) is -0.256. The Bertz CT molecular complexity index is 1040. The fourth-order valence-corrected chi connectivity index (χ4v) is 2.71. The number of rotatable bonds is 5. The molecule has 3 rings (SSSR count). The van der Waals surface area contributed by atoms with Crippen molar-refractivity contribution in [3.8, 4) is 0 Å². The number of para-hydroxylation sites is 1. The second-order valence-corrected chi connectivity index (χ2v) is 6.01. The van der Waals surface area contributed by atoms with Crippen molar-refractivity contribution in [2.45, 2.75) is 6.54 Å². The van der Waals surface area contributed by atoms with Crippen LogP contribution < -0.4 is 10.5 Å². The molecule has 0 aliphatic carbocycles. The van der Waals surface area contributed by atoms with Gasteiger partial charge in [0, 0.05) is 37.1 Å². The third-order valence-corrected chi connectivity index (χ3v) is 4.15. The standard InChI is InChI=1S/C20H17N3O4/c1-21(17-7-3-2-4-8-17)20(25)16-10-11-19(24)22(14-16)13-15-6-5-9-18(12-15)23(26)27/h2-12,14H,13H2,1H3. The summed E-state index contributed by atoms with van der Waals surface area (Å²) in [5, 5.41) is 10.9. The molecule has 0 saturated heterocycles. The second kappa shape index (κ2) is 7.65. The Balaban J connectivity index is 1.88. The van der Waals surface area contributed by atoms with Crippen molar-refractivity contribution < 1.29 is 9.72 Å². The van der Waals surface area contributed by atoms with Crippen LogP contribution in [-0.4, -0.2) is 22.4 Å². The van der Waals surface area contributed by atoms with Gasteiger partial charge in [0.25, 0.3) is 17.2 Å². The van der Waals surface area contributed by atoms with Crippen molar-refractivity contribution in [3.05, 3.63) is 105 Å². The normalized spacial score (nSPS) is 10.4. The van der Waals surface area contributed by atoms with Gasteiger partial charge < -0.3 is 9.47 Å². The summed E-state index contributed by atoms with van der Waals surface area (Å²) >= 11 is 0. The SMILES string of the molecule is CN(C(=O)c1ccc(=O)n(Cc2cccc([N+](=O)[O-])c2)c1)c1ccccc1. The number of non-ortho nitro benzene ring substituents is 1. The van der Waals surface area contributed by atoms with E-state index in [1.807, 2.05) is 30.3 Å². The van der Waals surface area contributed by atoms with Gasteiger partial charge in [-0.2, -0.15) is 0 Å². The van der Waals surface area contributed by atoms with Gasteiger partial charge in [0.2, 0.25) is 0 Å². The topological polar surface area (TPSA) is 85.5 Å². The van der Waals surface area contributed by atoms with Crippen molar-refractivity contribution in [1.29, 1.82) is 0 Å². The van der Waals surface area contributed by atoms with Crippen molar-refractivity contribution in [2.75, 3.05) is 11.9 Å². The van der Waals surface area contributed by atoms with Gasteiger partial charge in [-0.05, 0) is 23.8 Å². The zero-order valence-corrected chi connectivity index (χ0v) is 14.6. The van der Waals surface area contributed by atoms with E-state index in [0.717, 1.165) is 5.69 Å². The Morgan fingerprint density at radius 3 is 2.52 bits per heavy atom. The summed E-state index contributed by atoms with van der Waals surface area (Å²) in [6.45, 7) is 0.136. The molecular formula is C20H17N3O4. The van der Waals surface area contributed by atoms with Crippen LogP contribution >= 0.6 is 0 Å². The molecule has 0 atom stereocenters. The lowest BCUT2D eigenvalue weighted by atomic mass is 10.2. The molecule has 136 valence electrons. The number of benzene rings is 2. The zero-order valence-electron chi connectivity index (χ0n) is 14.6. The molecule has 0 bridgehead atoms. The number of nitrogens with zero attached hydrogens (tertiary/aromatic N) is 3. The number of amides is 1. The number of nitro groups is 1. The third kappa shape index (κ3) is 4.09. The van der Waals surface area contributed by atoms with Crippen LogP contribution in [0.2, 0.25) is 0 Å². The Morgan fingerprint density at radius 1 is 1.07 bits per heavy atom. The van der Waals surface area contributed by atoms with Crippen LogP contribution in [0.3, 0.4) is 0 Å². The molecule has 0 spiro atoms. The van der Waals surface area contributed by atoms with E-state index >= 15 is 0 Å². The van der Waals surface area contributed by atoms with Crippen LogP contribution in [0.5, 0.6) is 0 Å². The van der Waals surface area contributed by atoms with E-state index < -0.39 is 4.92 Å². The lowest BCUT2D eigenvalue weighted by Crippen LogP contribution is -2.28. The first-order valence-corrected chi connectivity index (χ1v) is 8.22. The van der Waals surface area contributed by atoms with E-state index in [1.165, 1.54) is 39.9 Å². The number of nitro benzene ring substituents is 1. The lowest BCUT2D eigenvalue weighted by molar-refractivity contribution is -0.384. The van der Waals surface area contributed by atoms with Crippen LogP contribution in [0, 0.1) is 10.1 Å². The highest BCUT2D eigenvalue weighted by molar-refractivity contribution is 6.05. The molecule has 0 fully saturated rings. The second-order valence-electron chi connectivity index (χ2n) is 6.01. The van der Waals surface area contributed by atoms with Crippen molar-refractivity contribution in [3.63, 3.8) is 0 Å². The largest absolute Gasteiger partial charge is 0.311 e. The lowest BCUT2D eigenvalue weighted by Gasteiger charge is -2.18. The van der Waals surface area contributed by atoms with Gasteiger partial charge in [0.1, 0.15) is 0 Å². The first-order valence-electron chi connectivity index (χ1n) is 8.22. The van der Waals surface area contributed by atoms with E-state index in [4.69, 9.17) is 0 Å². The first kappa shape index (κ1) is 18.1. The highest BCUT2D eigenvalue weighted by Gasteiger charge is 2.15. The average Bonchev–Trinajstić information content (AvgIpc) is 2.69. The van der Waals surface area contributed by atoms with Crippen LogP contribution in [0.25, 0.3) is 0 Å². The molecule has 0 saturated carbocycles. The molecule has 0 aliphatic heterocycles. The van der Waals surface area contributed by atoms with Gasteiger partial charge in [-0.3, -0.25) is 19.7 Å². The number of hydrogen-bond donors (Lipinski definition) is 0. The number of aromatic nitrogens is 1. The van der Waals surface area contributed by atoms with E-state index in [9.17, 15) is 19.7 Å². The fourth-order valence-electron chi connectivity index (χ4n) is 2.71. The van der Waals surface area contributed by atoms with E-state index in [1.54, 1.807) is 19.2 Å². The highest BCUT2D eigenvalue weighted by atomic mass is 16.6. The number of carbonyl (C=O) groups is 1. The van der Waals surface area contributed by atoms with Gasteiger partial charge in [0.15, 0.2) is 0 Å². The quantitative estimate of drug-likeness (QED) is 0.515. The fraction of sp³-hybridized carbons (Fsp3) is 0.100. The monoisotopic (exact) mass is 363 g/mol. The van der Waals surface area contributed by atoms with E-state index in [2.05, 4.69) is 0 Å². The number of carbonyl (C=O) groups excluding carboxylic acids is 1. The van der Waals surface area contributed by atoms with Crippen LogP contribution in [0.4, 0.5) is 11.4 Å². The maximum Gasteiger partial charge on any atom is 0.269 e. The molecular weight excluding hydrogens is 346 g/mol. The first-order chi connectivity index (χ1) is 13.0. The molecule has 2 aromatic carbocycles. The summed E-state index contributed by atoms with van der Waals surface area (Å²) in [6.07, 6.45) is 1.48. The average molecular weight is 363 g/mol. The smallest absolute Gasteiger partial charge is 0.269 e. The summed E-state index contributed by atoms with van der Waals surface area (Å²) in [7, 11) is 1.66. The predicted molar refractivity (Wildman–Crippen MR) is 102 cm³/mol. The van der Waals surface area contributed by atoms with Gasteiger partial charge in [-0.25, -0.2) is 0 Å². The molecule has 1 heterocycles. The molecule has 27 heavy (non-hydrogen) atoms. The molecule has 0 radical (unpaired) electrons. The van der Waals surface area contributed by atoms with Gasteiger partial charge in [-0.1, -0.05) is 30.3 Å². The van der Waals surface area contributed by atoms with Gasteiger partial charge in [0.05, 0.1) is 17.0 Å². The third-order valence-electron chi connectivity index (χ3n) is 4.15. The van der Waals surface area contributed by atoms with Gasteiger partial charge in [-0.15, -0.1) is 0 Å². The summed E-state index contributed by atoms with van der Waals surface area (Å²) in [4.78, 5) is 36.8. The molecule has 1 aromatic heterocycles. The molecule has 0 unspecified atom stereocenters. The number of anilines is 1. The van der Waals surface area contributed by atoms with E-state index in [-0.39, 0.29) is 23.7 Å². The van der Waals surface area contributed by atoms with Crippen LogP contribution in [0.1, 0.15) is 15.9 Å². The Labute approximate surface area is 155 Å².